The number of aryl methyl sites for hydroxylation is 1. The molecule has 1 aromatic rings. The molecule has 1 fully saturated rings. The smallest absolute Gasteiger partial charge is 0.0804 e. The lowest BCUT2D eigenvalue weighted by atomic mass is 9.89. The molecule has 1 aliphatic rings. The molecule has 1 saturated heterocycles. The summed E-state index contributed by atoms with van der Waals surface area (Å²) in [5, 5.41) is 9.98. The van der Waals surface area contributed by atoms with Crippen LogP contribution in [0.5, 0.6) is 0 Å². The summed E-state index contributed by atoms with van der Waals surface area (Å²) in [5.41, 5.74) is 2.67. The molecule has 1 aliphatic heterocycles. The van der Waals surface area contributed by atoms with E-state index in [4.69, 9.17) is 4.74 Å². The molecule has 2 nitrogen and oxygen atoms in total. The maximum absolute atomic E-state index is 9.98. The van der Waals surface area contributed by atoms with Crippen LogP contribution in [0.25, 0.3) is 0 Å². The van der Waals surface area contributed by atoms with Gasteiger partial charge in [0.1, 0.15) is 0 Å². The van der Waals surface area contributed by atoms with Crippen molar-refractivity contribution in [1.82, 2.24) is 0 Å². The predicted molar refractivity (Wildman–Crippen MR) is 64.4 cm³/mol. The van der Waals surface area contributed by atoms with Crippen molar-refractivity contribution in [3.05, 3.63) is 35.4 Å². The van der Waals surface area contributed by atoms with Gasteiger partial charge in [0.05, 0.1) is 12.7 Å². The standard InChI is InChI=1S/C14H20O2/c1-11-5-2-3-6-12(11)9-13-7-4-8-16-10-14(13)15/h2-3,5-6,13-15H,4,7-10H2,1H3. The normalized spacial score (nSPS) is 26.4. The van der Waals surface area contributed by atoms with E-state index < -0.39 is 0 Å². The molecule has 2 atom stereocenters. The highest BCUT2D eigenvalue weighted by Gasteiger charge is 2.22. The molecule has 0 radical (unpaired) electrons. The van der Waals surface area contributed by atoms with Crippen LogP contribution in [-0.4, -0.2) is 24.4 Å². The Morgan fingerprint density at radius 1 is 1.38 bits per heavy atom. The van der Waals surface area contributed by atoms with Crippen molar-refractivity contribution in [3.63, 3.8) is 0 Å². The van der Waals surface area contributed by atoms with E-state index in [-0.39, 0.29) is 6.10 Å². The fraction of sp³-hybridized carbons (Fsp3) is 0.571. The molecular weight excluding hydrogens is 200 g/mol. The van der Waals surface area contributed by atoms with E-state index in [1.807, 2.05) is 0 Å². The van der Waals surface area contributed by atoms with Crippen LogP contribution in [0.3, 0.4) is 0 Å². The Kier molecular flexibility index (Phi) is 3.97. The first kappa shape index (κ1) is 11.6. The molecule has 0 bridgehead atoms. The van der Waals surface area contributed by atoms with E-state index in [1.165, 1.54) is 11.1 Å². The SMILES string of the molecule is Cc1ccccc1CC1CCCOCC1O. The minimum Gasteiger partial charge on any atom is -0.390 e. The quantitative estimate of drug-likeness (QED) is 0.829. The van der Waals surface area contributed by atoms with Crippen molar-refractivity contribution in [2.24, 2.45) is 5.92 Å². The lowest BCUT2D eigenvalue weighted by Crippen LogP contribution is -2.25. The van der Waals surface area contributed by atoms with Crippen LogP contribution in [0.15, 0.2) is 24.3 Å². The lowest BCUT2D eigenvalue weighted by Gasteiger charge is -2.20. The van der Waals surface area contributed by atoms with Crippen molar-refractivity contribution in [3.8, 4) is 0 Å². The van der Waals surface area contributed by atoms with Crippen molar-refractivity contribution < 1.29 is 9.84 Å². The molecule has 16 heavy (non-hydrogen) atoms. The second-order valence-corrected chi connectivity index (χ2v) is 4.68. The van der Waals surface area contributed by atoms with Crippen LogP contribution in [0.4, 0.5) is 0 Å². The molecule has 2 rings (SSSR count). The molecule has 2 heteroatoms. The average molecular weight is 220 g/mol. The first-order chi connectivity index (χ1) is 7.77. The number of hydrogen-bond acceptors (Lipinski definition) is 2. The number of aliphatic hydroxyl groups is 1. The van der Waals surface area contributed by atoms with Gasteiger partial charge in [-0.2, -0.15) is 0 Å². The molecule has 1 heterocycles. The third kappa shape index (κ3) is 2.83. The fourth-order valence-electron chi connectivity index (χ4n) is 2.34. The summed E-state index contributed by atoms with van der Waals surface area (Å²) in [6.45, 7) is 3.42. The molecule has 1 N–H and O–H groups in total. The Morgan fingerprint density at radius 3 is 3.00 bits per heavy atom. The molecule has 0 aliphatic carbocycles. The van der Waals surface area contributed by atoms with Crippen LogP contribution >= 0.6 is 0 Å². The molecular formula is C14H20O2. The van der Waals surface area contributed by atoms with Crippen LogP contribution in [0.2, 0.25) is 0 Å². The monoisotopic (exact) mass is 220 g/mol. The van der Waals surface area contributed by atoms with Gasteiger partial charge in [-0.15, -0.1) is 0 Å². The van der Waals surface area contributed by atoms with Gasteiger partial charge in [0.15, 0.2) is 0 Å². The zero-order valence-corrected chi connectivity index (χ0v) is 9.86. The number of benzene rings is 1. The van der Waals surface area contributed by atoms with E-state index in [1.54, 1.807) is 0 Å². The molecule has 2 unspecified atom stereocenters. The predicted octanol–water partition coefficient (Wildman–Crippen LogP) is 2.33. The van der Waals surface area contributed by atoms with Gasteiger partial charge < -0.3 is 9.84 Å². The van der Waals surface area contributed by atoms with Crippen molar-refractivity contribution in [1.29, 1.82) is 0 Å². The van der Waals surface area contributed by atoms with Gasteiger partial charge >= 0.3 is 0 Å². The highest BCUT2D eigenvalue weighted by molar-refractivity contribution is 5.26. The van der Waals surface area contributed by atoms with Crippen molar-refractivity contribution in [2.75, 3.05) is 13.2 Å². The van der Waals surface area contributed by atoms with E-state index in [2.05, 4.69) is 31.2 Å². The fourth-order valence-corrected chi connectivity index (χ4v) is 2.34. The van der Waals surface area contributed by atoms with Gasteiger partial charge in [0.25, 0.3) is 0 Å². The van der Waals surface area contributed by atoms with Gasteiger partial charge in [0, 0.05) is 6.61 Å². The van der Waals surface area contributed by atoms with Gasteiger partial charge in [0.2, 0.25) is 0 Å². The van der Waals surface area contributed by atoms with E-state index in [0.717, 1.165) is 25.9 Å². The molecule has 1 aromatic carbocycles. The van der Waals surface area contributed by atoms with E-state index >= 15 is 0 Å². The zero-order chi connectivity index (χ0) is 11.4. The Morgan fingerprint density at radius 2 is 2.19 bits per heavy atom. The topological polar surface area (TPSA) is 29.5 Å². The van der Waals surface area contributed by atoms with Crippen molar-refractivity contribution >= 4 is 0 Å². The molecule has 0 aromatic heterocycles. The van der Waals surface area contributed by atoms with Crippen LogP contribution in [-0.2, 0) is 11.2 Å². The van der Waals surface area contributed by atoms with Gasteiger partial charge in [-0.3, -0.25) is 0 Å². The summed E-state index contributed by atoms with van der Waals surface area (Å²) in [7, 11) is 0. The third-order valence-corrected chi connectivity index (χ3v) is 3.44. The van der Waals surface area contributed by atoms with Gasteiger partial charge in [-0.05, 0) is 43.2 Å². The largest absolute Gasteiger partial charge is 0.390 e. The second-order valence-electron chi connectivity index (χ2n) is 4.68. The highest BCUT2D eigenvalue weighted by atomic mass is 16.5. The summed E-state index contributed by atoms with van der Waals surface area (Å²) in [5.74, 6) is 0.351. The number of aliphatic hydroxyl groups excluding tert-OH is 1. The Labute approximate surface area is 97.3 Å². The van der Waals surface area contributed by atoms with E-state index in [0.29, 0.717) is 12.5 Å². The summed E-state index contributed by atoms with van der Waals surface area (Å²) in [4.78, 5) is 0. The summed E-state index contributed by atoms with van der Waals surface area (Å²) in [6.07, 6.45) is 2.79. The zero-order valence-electron chi connectivity index (χ0n) is 9.86. The maximum atomic E-state index is 9.98. The maximum Gasteiger partial charge on any atom is 0.0804 e. The van der Waals surface area contributed by atoms with Crippen LogP contribution in [0.1, 0.15) is 24.0 Å². The number of ether oxygens (including phenoxy) is 1. The molecule has 0 amide bonds. The first-order valence-corrected chi connectivity index (χ1v) is 6.07. The summed E-state index contributed by atoms with van der Waals surface area (Å²) < 4.78 is 5.35. The van der Waals surface area contributed by atoms with Crippen LogP contribution in [0, 0.1) is 12.8 Å². The third-order valence-electron chi connectivity index (χ3n) is 3.44. The lowest BCUT2D eigenvalue weighted by molar-refractivity contribution is 0.0269. The summed E-state index contributed by atoms with van der Waals surface area (Å²) in [6, 6.07) is 8.43. The molecule has 0 spiro atoms. The summed E-state index contributed by atoms with van der Waals surface area (Å²) >= 11 is 0. The minimum atomic E-state index is -0.304. The van der Waals surface area contributed by atoms with Crippen LogP contribution < -0.4 is 0 Å². The number of hydrogen-bond donors (Lipinski definition) is 1. The Hall–Kier alpha value is -0.860. The highest BCUT2D eigenvalue weighted by Crippen LogP contribution is 2.22. The van der Waals surface area contributed by atoms with Gasteiger partial charge in [-0.1, -0.05) is 24.3 Å². The van der Waals surface area contributed by atoms with Crippen molar-refractivity contribution in [2.45, 2.75) is 32.3 Å². The van der Waals surface area contributed by atoms with Gasteiger partial charge in [-0.25, -0.2) is 0 Å². The second kappa shape index (κ2) is 5.46. The molecule has 0 saturated carbocycles. The minimum absolute atomic E-state index is 0.304. The Balaban J connectivity index is 2.05. The Bertz CT molecular complexity index is 335. The molecule has 88 valence electrons. The van der Waals surface area contributed by atoms with E-state index in [9.17, 15) is 5.11 Å². The average Bonchev–Trinajstić information content (AvgIpc) is 2.48. The number of rotatable bonds is 2. The first-order valence-electron chi connectivity index (χ1n) is 6.07.